The van der Waals surface area contributed by atoms with E-state index in [9.17, 15) is 9.59 Å². The van der Waals surface area contributed by atoms with Crippen LogP contribution in [0.25, 0.3) is 0 Å². The highest BCUT2D eigenvalue weighted by molar-refractivity contribution is 9.10. The lowest BCUT2D eigenvalue weighted by Gasteiger charge is -2.34. The van der Waals surface area contributed by atoms with Crippen molar-refractivity contribution in [3.8, 4) is 0 Å². The molecule has 1 aromatic heterocycles. The highest BCUT2D eigenvalue weighted by Gasteiger charge is 2.30. The Hall–Kier alpha value is -1.30. The fraction of sp³-hybridized carbons (Fsp3) is 0.667. The van der Waals surface area contributed by atoms with Gasteiger partial charge in [0.1, 0.15) is 0 Å². The van der Waals surface area contributed by atoms with Crippen molar-refractivity contribution < 1.29 is 14.0 Å². The van der Waals surface area contributed by atoms with E-state index >= 15 is 0 Å². The van der Waals surface area contributed by atoms with Gasteiger partial charge in [0.15, 0.2) is 10.4 Å². The molecule has 2 atom stereocenters. The van der Waals surface area contributed by atoms with E-state index in [2.05, 4.69) is 36.7 Å². The van der Waals surface area contributed by atoms with Crippen LogP contribution in [0.4, 0.5) is 0 Å². The standard InChI is InChI=1S/C18H27BrN2O3/c1-12(2)14-6-5-13(3)9-10-21(14)17(22)11-20(4)18(23)15-7-8-16(19)24-15/h7-8,12-14H,5-6,9-11H2,1-4H3. The Kier molecular flexibility index (Phi) is 6.49. The van der Waals surface area contributed by atoms with E-state index in [-0.39, 0.29) is 30.2 Å². The van der Waals surface area contributed by atoms with Crippen molar-refractivity contribution in [2.24, 2.45) is 11.8 Å². The van der Waals surface area contributed by atoms with Gasteiger partial charge in [0, 0.05) is 19.6 Å². The molecule has 0 spiro atoms. The molecule has 2 unspecified atom stereocenters. The van der Waals surface area contributed by atoms with Crippen molar-refractivity contribution in [2.45, 2.75) is 46.1 Å². The zero-order valence-electron chi connectivity index (χ0n) is 14.9. The summed E-state index contributed by atoms with van der Waals surface area (Å²) in [6.07, 6.45) is 3.22. The van der Waals surface area contributed by atoms with E-state index in [1.165, 1.54) is 4.90 Å². The summed E-state index contributed by atoms with van der Waals surface area (Å²) in [7, 11) is 1.64. The first-order valence-electron chi connectivity index (χ1n) is 8.59. The summed E-state index contributed by atoms with van der Waals surface area (Å²) in [5.74, 6) is 1.04. The highest BCUT2D eigenvalue weighted by atomic mass is 79.9. The average Bonchev–Trinajstić information content (AvgIpc) is 2.84. The second-order valence-electron chi connectivity index (χ2n) is 7.13. The average molecular weight is 399 g/mol. The molecule has 0 N–H and O–H groups in total. The Labute approximate surface area is 152 Å². The molecular formula is C18H27BrN2O3. The number of carbonyl (C=O) groups is 2. The van der Waals surface area contributed by atoms with Gasteiger partial charge in [0.25, 0.3) is 5.91 Å². The van der Waals surface area contributed by atoms with Crippen LogP contribution < -0.4 is 0 Å². The Balaban J connectivity index is 2.04. The molecule has 2 rings (SSSR count). The van der Waals surface area contributed by atoms with Crippen LogP contribution in [-0.4, -0.2) is 47.8 Å². The molecule has 0 aromatic carbocycles. The van der Waals surface area contributed by atoms with Crippen molar-refractivity contribution >= 4 is 27.7 Å². The Morgan fingerprint density at radius 3 is 2.62 bits per heavy atom. The van der Waals surface area contributed by atoms with Gasteiger partial charge in [-0.3, -0.25) is 9.59 Å². The number of amides is 2. The summed E-state index contributed by atoms with van der Waals surface area (Å²) in [6.45, 7) is 7.42. The molecule has 0 aliphatic carbocycles. The first-order chi connectivity index (χ1) is 11.3. The third-order valence-electron chi connectivity index (χ3n) is 4.81. The molecule has 0 saturated carbocycles. The summed E-state index contributed by atoms with van der Waals surface area (Å²) in [4.78, 5) is 28.6. The molecule has 2 amide bonds. The first kappa shape index (κ1) is 19.0. The number of furan rings is 1. The van der Waals surface area contributed by atoms with Gasteiger partial charge in [0.2, 0.25) is 5.91 Å². The molecule has 6 heteroatoms. The molecule has 1 saturated heterocycles. The summed E-state index contributed by atoms with van der Waals surface area (Å²) in [6, 6.07) is 3.54. The zero-order valence-corrected chi connectivity index (χ0v) is 16.5. The third kappa shape index (κ3) is 4.62. The highest BCUT2D eigenvalue weighted by Crippen LogP contribution is 2.26. The normalized spacial score (nSPS) is 21.7. The molecule has 1 fully saturated rings. The van der Waals surface area contributed by atoms with Crippen LogP contribution in [0.2, 0.25) is 0 Å². The van der Waals surface area contributed by atoms with Crippen molar-refractivity contribution in [1.29, 1.82) is 0 Å². The maximum absolute atomic E-state index is 12.8. The van der Waals surface area contributed by atoms with Gasteiger partial charge in [-0.1, -0.05) is 20.8 Å². The van der Waals surface area contributed by atoms with Gasteiger partial charge >= 0.3 is 0 Å². The molecule has 134 valence electrons. The van der Waals surface area contributed by atoms with Gasteiger partial charge < -0.3 is 14.2 Å². The third-order valence-corrected chi connectivity index (χ3v) is 5.24. The predicted molar refractivity (Wildman–Crippen MR) is 96.7 cm³/mol. The van der Waals surface area contributed by atoms with Crippen LogP contribution in [0.15, 0.2) is 21.2 Å². The smallest absolute Gasteiger partial charge is 0.289 e. The van der Waals surface area contributed by atoms with E-state index in [1.54, 1.807) is 19.2 Å². The second-order valence-corrected chi connectivity index (χ2v) is 7.92. The van der Waals surface area contributed by atoms with Crippen molar-refractivity contribution in [3.63, 3.8) is 0 Å². The molecule has 5 nitrogen and oxygen atoms in total. The van der Waals surface area contributed by atoms with Crippen LogP contribution in [0.3, 0.4) is 0 Å². The topological polar surface area (TPSA) is 53.8 Å². The Bertz CT molecular complexity index is 585. The van der Waals surface area contributed by atoms with E-state index in [4.69, 9.17) is 4.42 Å². The molecule has 24 heavy (non-hydrogen) atoms. The summed E-state index contributed by atoms with van der Waals surface area (Å²) >= 11 is 3.19. The molecule has 2 heterocycles. The monoisotopic (exact) mass is 398 g/mol. The minimum absolute atomic E-state index is 0.0178. The number of halogens is 1. The molecule has 0 radical (unpaired) electrons. The van der Waals surface area contributed by atoms with Crippen LogP contribution in [0, 0.1) is 11.8 Å². The van der Waals surface area contributed by atoms with Gasteiger partial charge in [-0.15, -0.1) is 0 Å². The maximum atomic E-state index is 12.8. The quantitative estimate of drug-likeness (QED) is 0.774. The lowest BCUT2D eigenvalue weighted by molar-refractivity contribution is -0.134. The van der Waals surface area contributed by atoms with Gasteiger partial charge in [-0.05, 0) is 59.2 Å². The fourth-order valence-electron chi connectivity index (χ4n) is 3.27. The largest absolute Gasteiger partial charge is 0.444 e. The van der Waals surface area contributed by atoms with E-state index in [1.807, 2.05) is 4.90 Å². The van der Waals surface area contributed by atoms with Crippen molar-refractivity contribution in [2.75, 3.05) is 20.1 Å². The minimum Gasteiger partial charge on any atom is -0.444 e. The van der Waals surface area contributed by atoms with Gasteiger partial charge in [-0.2, -0.15) is 0 Å². The molecular weight excluding hydrogens is 372 g/mol. The fourth-order valence-corrected chi connectivity index (χ4v) is 3.57. The van der Waals surface area contributed by atoms with Crippen LogP contribution in [0.5, 0.6) is 0 Å². The number of carbonyl (C=O) groups excluding carboxylic acids is 2. The minimum atomic E-state index is -0.279. The van der Waals surface area contributed by atoms with E-state index < -0.39 is 0 Å². The van der Waals surface area contributed by atoms with Gasteiger partial charge in [-0.25, -0.2) is 0 Å². The summed E-state index contributed by atoms with van der Waals surface area (Å²) < 4.78 is 5.79. The van der Waals surface area contributed by atoms with Crippen molar-refractivity contribution in [3.05, 3.63) is 22.6 Å². The number of likely N-dealkylation sites (N-methyl/N-ethyl adjacent to an activating group) is 1. The number of hydrogen-bond acceptors (Lipinski definition) is 3. The SMILES string of the molecule is CC1CCC(C(C)C)N(C(=O)CN(C)C(=O)c2ccc(Br)o2)CC1. The summed E-state index contributed by atoms with van der Waals surface area (Å²) in [5.41, 5.74) is 0. The Morgan fingerprint density at radius 2 is 2.04 bits per heavy atom. The van der Waals surface area contributed by atoms with E-state index in [0.29, 0.717) is 16.5 Å². The van der Waals surface area contributed by atoms with Crippen molar-refractivity contribution in [1.82, 2.24) is 9.80 Å². The zero-order chi connectivity index (χ0) is 17.9. The summed E-state index contributed by atoms with van der Waals surface area (Å²) in [5, 5.41) is 0. The van der Waals surface area contributed by atoms with Crippen LogP contribution in [-0.2, 0) is 4.79 Å². The van der Waals surface area contributed by atoms with Crippen LogP contribution >= 0.6 is 15.9 Å². The molecule has 1 aromatic rings. The first-order valence-corrected chi connectivity index (χ1v) is 9.39. The lowest BCUT2D eigenvalue weighted by Crippen LogP contribution is -2.47. The molecule has 1 aliphatic rings. The molecule has 1 aliphatic heterocycles. The van der Waals surface area contributed by atoms with Crippen LogP contribution in [0.1, 0.15) is 50.6 Å². The number of hydrogen-bond donors (Lipinski definition) is 0. The second kappa shape index (κ2) is 8.19. The van der Waals surface area contributed by atoms with Gasteiger partial charge in [0.05, 0.1) is 6.54 Å². The number of likely N-dealkylation sites (tertiary alicyclic amines) is 1. The maximum Gasteiger partial charge on any atom is 0.289 e. The Morgan fingerprint density at radius 1 is 1.33 bits per heavy atom. The number of rotatable bonds is 4. The number of nitrogens with zero attached hydrogens (tertiary/aromatic N) is 2. The van der Waals surface area contributed by atoms with E-state index in [0.717, 1.165) is 25.8 Å². The lowest BCUT2D eigenvalue weighted by atomic mass is 9.95. The molecule has 0 bridgehead atoms. The predicted octanol–water partition coefficient (Wildman–Crippen LogP) is 3.79.